The Morgan fingerprint density at radius 2 is 1.63 bits per heavy atom. The van der Waals surface area contributed by atoms with Gasteiger partial charge in [-0.1, -0.05) is 18.2 Å². The summed E-state index contributed by atoms with van der Waals surface area (Å²) in [7, 11) is 0. The van der Waals surface area contributed by atoms with Gasteiger partial charge in [-0.25, -0.2) is 8.78 Å². The molecule has 0 spiro atoms. The molecule has 0 aliphatic rings. The molecule has 0 bridgehead atoms. The Bertz CT molecular complexity index is 883. The summed E-state index contributed by atoms with van der Waals surface area (Å²) in [4.78, 5) is 25.3. The number of carbonyl (C=O) groups is 2. The third-order valence-electron chi connectivity index (χ3n) is 4.59. The number of nitrogens with one attached hydrogen (secondary N) is 1. The molecule has 0 aliphatic heterocycles. The normalized spacial score (nSPS) is 12.9. The molecule has 2 rings (SSSR count). The number of halogens is 4. The van der Waals surface area contributed by atoms with Crippen LogP contribution < -0.4 is 15.8 Å². The van der Waals surface area contributed by atoms with Gasteiger partial charge in [0, 0.05) is 11.6 Å². The second kappa shape index (κ2) is 10.2. The van der Waals surface area contributed by atoms with Crippen molar-refractivity contribution < 1.29 is 31.9 Å². The van der Waals surface area contributed by atoms with Crippen molar-refractivity contribution in [3.8, 4) is 5.75 Å². The molecule has 0 aromatic heterocycles. The van der Waals surface area contributed by atoms with Gasteiger partial charge in [0.25, 0.3) is 5.91 Å². The van der Waals surface area contributed by atoms with E-state index in [9.17, 15) is 27.2 Å². The molecule has 0 saturated heterocycles. The molecule has 0 fully saturated rings. The minimum absolute atomic E-state index is 0.0381. The lowest BCUT2D eigenvalue weighted by Gasteiger charge is -2.29. The largest absolute Gasteiger partial charge is 0.479 e. The Labute approximate surface area is 171 Å². The van der Waals surface area contributed by atoms with E-state index in [-0.39, 0.29) is 12.5 Å². The van der Waals surface area contributed by atoms with Crippen molar-refractivity contribution in [1.82, 2.24) is 5.32 Å². The smallest absolute Gasteiger partial charge is 0.252 e. The van der Waals surface area contributed by atoms with Crippen LogP contribution in [0.1, 0.15) is 36.5 Å². The number of nitrogens with two attached hydrogens (primary N) is 1. The van der Waals surface area contributed by atoms with Crippen LogP contribution in [0.25, 0.3) is 0 Å². The molecule has 162 valence electrons. The van der Waals surface area contributed by atoms with E-state index in [0.29, 0.717) is 24.9 Å². The number of ether oxygens (including phenoxy) is 1. The molecule has 0 aliphatic carbocycles. The molecule has 1 amide bonds. The fraction of sp³-hybridized carbons (Fsp3) is 0.333. The molecule has 2 aromatic carbocycles. The zero-order valence-electron chi connectivity index (χ0n) is 16.3. The van der Waals surface area contributed by atoms with Crippen LogP contribution in [0, 0.1) is 23.3 Å². The van der Waals surface area contributed by atoms with Gasteiger partial charge in [-0.3, -0.25) is 9.59 Å². The highest BCUT2D eigenvalue weighted by Crippen LogP contribution is 2.27. The highest BCUT2D eigenvalue weighted by atomic mass is 19.2. The van der Waals surface area contributed by atoms with Gasteiger partial charge in [-0.05, 0) is 44.9 Å². The lowest BCUT2D eigenvalue weighted by atomic mass is 9.89. The zero-order chi connectivity index (χ0) is 22.3. The third-order valence-corrected chi connectivity index (χ3v) is 4.59. The fourth-order valence-corrected chi connectivity index (χ4v) is 2.78. The number of hydrogen-bond donors (Lipinski definition) is 2. The number of unbranched alkanes of at least 4 members (excludes halogenated alkanes) is 1. The van der Waals surface area contributed by atoms with Gasteiger partial charge < -0.3 is 15.8 Å². The highest BCUT2D eigenvalue weighted by molar-refractivity contribution is 6.00. The monoisotopic (exact) mass is 426 g/mol. The van der Waals surface area contributed by atoms with E-state index in [1.165, 1.54) is 6.92 Å². The lowest BCUT2D eigenvalue weighted by molar-refractivity contribution is -0.127. The predicted octanol–water partition coefficient (Wildman–Crippen LogP) is 3.51. The Morgan fingerprint density at radius 1 is 1.03 bits per heavy atom. The first-order valence-electron chi connectivity index (χ1n) is 9.26. The van der Waals surface area contributed by atoms with Crippen LogP contribution in [0.3, 0.4) is 0 Å². The fourth-order valence-electron chi connectivity index (χ4n) is 2.78. The number of rotatable bonds is 10. The van der Waals surface area contributed by atoms with E-state index in [0.717, 1.165) is 0 Å². The molecule has 2 aromatic rings. The molecule has 30 heavy (non-hydrogen) atoms. The van der Waals surface area contributed by atoms with Gasteiger partial charge in [0.2, 0.25) is 11.6 Å². The zero-order valence-corrected chi connectivity index (χ0v) is 16.3. The van der Waals surface area contributed by atoms with Crippen LogP contribution in [0.5, 0.6) is 5.75 Å². The van der Waals surface area contributed by atoms with Crippen molar-refractivity contribution >= 4 is 11.7 Å². The number of carbonyl (C=O) groups excluding carboxylic acids is 2. The molecule has 5 nitrogen and oxygen atoms in total. The lowest BCUT2D eigenvalue weighted by Crippen LogP contribution is -2.54. The van der Waals surface area contributed by atoms with Crippen molar-refractivity contribution in [1.29, 1.82) is 0 Å². The van der Waals surface area contributed by atoms with Crippen molar-refractivity contribution in [3.05, 3.63) is 65.2 Å². The topological polar surface area (TPSA) is 81.4 Å². The van der Waals surface area contributed by atoms with Gasteiger partial charge in [0.15, 0.2) is 23.2 Å². The van der Waals surface area contributed by atoms with Crippen LogP contribution in [0.15, 0.2) is 36.4 Å². The summed E-state index contributed by atoms with van der Waals surface area (Å²) >= 11 is 0. The van der Waals surface area contributed by atoms with Crippen molar-refractivity contribution in [2.75, 3.05) is 13.2 Å². The molecule has 0 unspecified atom stereocenters. The summed E-state index contributed by atoms with van der Waals surface area (Å²) in [5.41, 5.74) is 4.32. The number of hydrogen-bond acceptors (Lipinski definition) is 4. The van der Waals surface area contributed by atoms with Crippen LogP contribution in [-0.4, -0.2) is 30.4 Å². The van der Waals surface area contributed by atoms with Gasteiger partial charge in [-0.15, -0.1) is 0 Å². The summed E-state index contributed by atoms with van der Waals surface area (Å²) in [5, 5.41) is 2.61. The number of benzene rings is 2. The summed E-state index contributed by atoms with van der Waals surface area (Å²) < 4.78 is 59.0. The van der Waals surface area contributed by atoms with Crippen LogP contribution in [-0.2, 0) is 4.79 Å². The maximum Gasteiger partial charge on any atom is 0.252 e. The highest BCUT2D eigenvalue weighted by Gasteiger charge is 2.35. The molecule has 0 radical (unpaired) electrons. The molecular formula is C21H22F4N2O3. The number of Topliss-reactive ketones (excluding diaryl/α,β-unsaturated/α-hetero) is 1. The van der Waals surface area contributed by atoms with Crippen molar-refractivity contribution in [2.24, 2.45) is 5.73 Å². The average Bonchev–Trinajstić information content (AvgIpc) is 2.73. The van der Waals surface area contributed by atoms with E-state index >= 15 is 0 Å². The molecule has 3 N–H and O–H groups in total. The first-order chi connectivity index (χ1) is 14.2. The standard InChI is InChI=1S/C21H22F4N2O3/c1-21(9-5-6-10-26,27-20(29)13-7-3-2-4-8-13)16(28)12-30-19-17(24)14(22)11-15(23)18(19)25/h2-4,7-8,11H,5-6,9-10,12,26H2,1H3,(H,27,29)/t21-/m0/s1. The Hall–Kier alpha value is -2.94. The second-order valence-corrected chi connectivity index (χ2v) is 6.91. The molecular weight excluding hydrogens is 404 g/mol. The van der Waals surface area contributed by atoms with Gasteiger partial charge in [-0.2, -0.15) is 8.78 Å². The predicted molar refractivity (Wildman–Crippen MR) is 102 cm³/mol. The SMILES string of the molecule is C[C@@](CCCCN)(NC(=O)c1ccccc1)C(=O)COc1c(F)c(F)cc(F)c1F. The van der Waals surface area contributed by atoms with E-state index in [4.69, 9.17) is 10.5 Å². The molecule has 0 heterocycles. The third kappa shape index (κ3) is 5.56. The van der Waals surface area contributed by atoms with Crippen molar-refractivity contribution in [2.45, 2.75) is 31.7 Å². The van der Waals surface area contributed by atoms with E-state index in [1.807, 2.05) is 0 Å². The summed E-state index contributed by atoms with van der Waals surface area (Å²) in [5.74, 6) is -9.40. The van der Waals surface area contributed by atoms with Crippen LogP contribution >= 0.6 is 0 Å². The summed E-state index contributed by atoms with van der Waals surface area (Å²) in [6.07, 6.45) is 1.22. The minimum Gasteiger partial charge on any atom is -0.479 e. The molecule has 1 atom stereocenters. The Morgan fingerprint density at radius 3 is 2.20 bits per heavy atom. The van der Waals surface area contributed by atoms with Gasteiger partial charge in [0.1, 0.15) is 6.61 Å². The second-order valence-electron chi connectivity index (χ2n) is 6.91. The first kappa shape index (κ1) is 23.3. The quantitative estimate of drug-likeness (QED) is 0.346. The first-order valence-corrected chi connectivity index (χ1v) is 9.26. The number of amides is 1. The number of ketones is 1. The summed E-state index contributed by atoms with van der Waals surface area (Å²) in [6.45, 7) is 0.895. The maximum absolute atomic E-state index is 13.8. The van der Waals surface area contributed by atoms with E-state index in [1.54, 1.807) is 30.3 Å². The molecule has 9 heteroatoms. The average molecular weight is 426 g/mol. The van der Waals surface area contributed by atoms with Gasteiger partial charge >= 0.3 is 0 Å². The maximum atomic E-state index is 13.8. The van der Waals surface area contributed by atoms with Crippen LogP contribution in [0.2, 0.25) is 0 Å². The Kier molecular flexibility index (Phi) is 7.93. The van der Waals surface area contributed by atoms with E-state index < -0.39 is 52.9 Å². The minimum atomic E-state index is -1.75. The van der Waals surface area contributed by atoms with Gasteiger partial charge in [0.05, 0.1) is 5.54 Å². The molecule has 0 saturated carbocycles. The summed E-state index contributed by atoms with van der Waals surface area (Å²) in [6, 6.07) is 8.16. The van der Waals surface area contributed by atoms with E-state index in [2.05, 4.69) is 5.32 Å². The Balaban J connectivity index is 2.20. The van der Waals surface area contributed by atoms with Crippen LogP contribution in [0.4, 0.5) is 17.6 Å². The van der Waals surface area contributed by atoms with Crippen molar-refractivity contribution in [3.63, 3.8) is 0 Å².